The van der Waals surface area contributed by atoms with Crippen LogP contribution in [0, 0.1) is 0 Å². The lowest BCUT2D eigenvalue weighted by Gasteiger charge is -2.21. The number of hydrogen-bond donors (Lipinski definition) is 1. The maximum Gasteiger partial charge on any atom is 0.412 e. The Balaban J connectivity index is 2.24. The molecule has 2 rings (SSSR count). The van der Waals surface area contributed by atoms with Crippen LogP contribution in [-0.4, -0.2) is 28.8 Å². The second-order valence-electron chi connectivity index (χ2n) is 4.01. The van der Waals surface area contributed by atoms with Crippen LogP contribution in [0.4, 0.5) is 13.2 Å². The summed E-state index contributed by atoms with van der Waals surface area (Å²) in [6, 6.07) is 3.15. The van der Waals surface area contributed by atoms with Crippen molar-refractivity contribution in [1.82, 2.24) is 14.9 Å². The second kappa shape index (κ2) is 6.08. The number of ether oxygens (including phenoxy) is 1. The number of amides is 1. The van der Waals surface area contributed by atoms with Gasteiger partial charge < -0.3 is 10.1 Å². The van der Waals surface area contributed by atoms with Gasteiger partial charge in [-0.15, -0.1) is 5.10 Å². The van der Waals surface area contributed by atoms with Gasteiger partial charge in [-0.1, -0.05) is 16.6 Å². The van der Waals surface area contributed by atoms with Gasteiger partial charge in [0.05, 0.1) is 7.11 Å². The lowest BCUT2D eigenvalue weighted by Crippen LogP contribution is -2.38. The van der Waals surface area contributed by atoms with E-state index in [0.29, 0.717) is 5.75 Å². The van der Waals surface area contributed by atoms with E-state index in [1.54, 1.807) is 0 Å². The van der Waals surface area contributed by atoms with E-state index < -0.39 is 18.1 Å². The molecular weight excluding hydrogens is 307 g/mol. The maximum absolute atomic E-state index is 13.1. The quantitative estimate of drug-likeness (QED) is 0.941. The molecule has 112 valence electrons. The lowest BCUT2D eigenvalue weighted by molar-refractivity contribution is -0.155. The largest absolute Gasteiger partial charge is 0.497 e. The Morgan fingerprint density at radius 3 is 2.48 bits per heavy atom. The minimum Gasteiger partial charge on any atom is -0.497 e. The predicted molar refractivity (Wildman–Crippen MR) is 69.2 cm³/mol. The summed E-state index contributed by atoms with van der Waals surface area (Å²) in [4.78, 5) is 11.7. The van der Waals surface area contributed by atoms with E-state index in [9.17, 15) is 18.0 Å². The monoisotopic (exact) mass is 317 g/mol. The second-order valence-corrected chi connectivity index (χ2v) is 4.62. The van der Waals surface area contributed by atoms with Crippen molar-refractivity contribution in [1.29, 1.82) is 0 Å². The van der Waals surface area contributed by atoms with Crippen molar-refractivity contribution in [2.45, 2.75) is 12.2 Å². The molecule has 9 heteroatoms. The van der Waals surface area contributed by atoms with Gasteiger partial charge in [-0.2, -0.15) is 13.2 Å². The van der Waals surface area contributed by atoms with Crippen LogP contribution < -0.4 is 10.1 Å². The van der Waals surface area contributed by atoms with Crippen LogP contribution in [0.5, 0.6) is 5.75 Å². The first-order valence-electron chi connectivity index (χ1n) is 5.70. The van der Waals surface area contributed by atoms with E-state index in [4.69, 9.17) is 4.74 Å². The minimum atomic E-state index is -4.63. The Morgan fingerprint density at radius 1 is 1.33 bits per heavy atom. The van der Waals surface area contributed by atoms with Crippen LogP contribution in [0.3, 0.4) is 0 Å². The van der Waals surface area contributed by atoms with Crippen molar-refractivity contribution in [3.05, 3.63) is 40.9 Å². The molecule has 2 aromatic rings. The van der Waals surface area contributed by atoms with Gasteiger partial charge in [0.15, 0.2) is 11.7 Å². The number of carbonyl (C=O) groups excluding carboxylic acids is 1. The number of carbonyl (C=O) groups is 1. The average Bonchev–Trinajstić information content (AvgIpc) is 2.98. The molecule has 1 N–H and O–H groups in total. The molecule has 1 amide bonds. The fraction of sp³-hybridized carbons (Fsp3) is 0.250. The van der Waals surface area contributed by atoms with Crippen LogP contribution >= 0.6 is 11.5 Å². The third-order valence-corrected chi connectivity index (χ3v) is 3.15. The Kier molecular flexibility index (Phi) is 4.41. The molecule has 0 aliphatic rings. The zero-order chi connectivity index (χ0) is 15.5. The summed E-state index contributed by atoms with van der Waals surface area (Å²) in [5.41, 5.74) is -0.248. The van der Waals surface area contributed by atoms with E-state index >= 15 is 0 Å². The zero-order valence-corrected chi connectivity index (χ0v) is 11.5. The molecule has 0 spiro atoms. The summed E-state index contributed by atoms with van der Waals surface area (Å²) >= 11 is 0.884. The molecule has 1 atom stereocenters. The first-order valence-corrected chi connectivity index (χ1v) is 6.54. The van der Waals surface area contributed by atoms with Gasteiger partial charge in [-0.3, -0.25) is 4.79 Å². The van der Waals surface area contributed by atoms with Crippen molar-refractivity contribution >= 4 is 17.4 Å². The molecule has 1 aromatic carbocycles. The molecule has 0 unspecified atom stereocenters. The maximum atomic E-state index is 13.1. The molecule has 0 saturated carbocycles. The Morgan fingerprint density at radius 2 is 2.00 bits per heavy atom. The van der Waals surface area contributed by atoms with Gasteiger partial charge in [0.2, 0.25) is 0 Å². The van der Waals surface area contributed by atoms with Crippen LogP contribution in [0.2, 0.25) is 0 Å². The number of nitrogens with one attached hydrogen (secondary N) is 1. The Hall–Kier alpha value is -2.16. The summed E-state index contributed by atoms with van der Waals surface area (Å²) in [5.74, 6) is -0.503. The van der Waals surface area contributed by atoms with Crippen LogP contribution in [0.25, 0.3) is 0 Å². The molecule has 0 aliphatic heterocycles. The zero-order valence-electron chi connectivity index (χ0n) is 10.7. The van der Waals surface area contributed by atoms with E-state index in [2.05, 4.69) is 9.59 Å². The first kappa shape index (κ1) is 15.2. The molecule has 5 nitrogen and oxygen atoms in total. The van der Waals surface area contributed by atoms with Crippen molar-refractivity contribution in [2.75, 3.05) is 7.11 Å². The summed E-state index contributed by atoms with van der Waals surface area (Å²) in [6.45, 7) is 0. The van der Waals surface area contributed by atoms with Gasteiger partial charge >= 0.3 is 6.18 Å². The normalized spacial score (nSPS) is 12.8. The van der Waals surface area contributed by atoms with Gasteiger partial charge in [0, 0.05) is 5.38 Å². The number of methoxy groups -OCH3 is 1. The number of rotatable bonds is 4. The standard InChI is InChI=1S/C12H10F3N3O2S/c1-20-8-4-2-7(3-5-8)10(12(13,14)15)16-11(19)9-6-21-18-17-9/h2-6,10H,1H3,(H,16,19)/t10-/m1/s1. The van der Waals surface area contributed by atoms with Crippen molar-refractivity contribution < 1.29 is 22.7 Å². The van der Waals surface area contributed by atoms with Crippen molar-refractivity contribution in [3.63, 3.8) is 0 Å². The number of alkyl halides is 3. The fourth-order valence-electron chi connectivity index (χ4n) is 1.62. The van der Waals surface area contributed by atoms with E-state index in [1.165, 1.54) is 36.8 Å². The number of aromatic nitrogens is 2. The summed E-state index contributed by atoms with van der Waals surface area (Å²) in [6.07, 6.45) is -4.63. The van der Waals surface area contributed by atoms with Gasteiger partial charge in [0.1, 0.15) is 5.75 Å². The molecule has 0 radical (unpaired) electrons. The predicted octanol–water partition coefficient (Wildman–Crippen LogP) is 2.58. The highest BCUT2D eigenvalue weighted by Crippen LogP contribution is 2.33. The number of nitrogens with zero attached hydrogens (tertiary/aromatic N) is 2. The molecule has 0 aliphatic carbocycles. The molecule has 0 saturated heterocycles. The minimum absolute atomic E-state index is 0.0974. The molecule has 0 fully saturated rings. The van der Waals surface area contributed by atoms with Gasteiger partial charge in [-0.05, 0) is 29.2 Å². The van der Waals surface area contributed by atoms with Crippen molar-refractivity contribution in [3.8, 4) is 5.75 Å². The number of benzene rings is 1. The molecule has 1 heterocycles. The summed E-state index contributed by atoms with van der Waals surface area (Å²) in [7, 11) is 1.41. The number of hydrogen-bond acceptors (Lipinski definition) is 5. The topological polar surface area (TPSA) is 64.1 Å². The Labute approximate surface area is 121 Å². The smallest absolute Gasteiger partial charge is 0.412 e. The van der Waals surface area contributed by atoms with Crippen molar-refractivity contribution in [2.24, 2.45) is 0 Å². The highest BCUT2D eigenvalue weighted by Gasteiger charge is 2.42. The summed E-state index contributed by atoms with van der Waals surface area (Å²) in [5, 5.41) is 6.63. The van der Waals surface area contributed by atoms with Crippen LogP contribution in [0.1, 0.15) is 22.1 Å². The Bertz CT molecular complexity index is 599. The van der Waals surface area contributed by atoms with Gasteiger partial charge in [-0.25, -0.2) is 0 Å². The molecule has 0 bridgehead atoms. The third kappa shape index (κ3) is 3.69. The highest BCUT2D eigenvalue weighted by atomic mass is 32.1. The molecule has 21 heavy (non-hydrogen) atoms. The summed E-state index contributed by atoms with van der Waals surface area (Å²) < 4.78 is 47.7. The number of halogens is 3. The van der Waals surface area contributed by atoms with Crippen LogP contribution in [0.15, 0.2) is 29.6 Å². The molecule has 1 aromatic heterocycles. The van der Waals surface area contributed by atoms with Crippen LogP contribution in [-0.2, 0) is 0 Å². The van der Waals surface area contributed by atoms with E-state index in [-0.39, 0.29) is 11.3 Å². The first-order chi connectivity index (χ1) is 9.91. The SMILES string of the molecule is COc1ccc([C@@H](NC(=O)c2csnn2)C(F)(F)F)cc1. The van der Waals surface area contributed by atoms with E-state index in [0.717, 1.165) is 11.5 Å². The average molecular weight is 317 g/mol. The van der Waals surface area contributed by atoms with E-state index in [1.807, 2.05) is 5.32 Å². The molecular formula is C12H10F3N3O2S. The third-order valence-electron chi connectivity index (χ3n) is 2.64. The lowest BCUT2D eigenvalue weighted by atomic mass is 10.1. The highest BCUT2D eigenvalue weighted by molar-refractivity contribution is 7.03. The van der Waals surface area contributed by atoms with Gasteiger partial charge in [0.25, 0.3) is 5.91 Å². The fourth-order valence-corrected chi connectivity index (χ4v) is 2.06.